The molecule has 0 bridgehead atoms. The minimum atomic E-state index is -0.512. The summed E-state index contributed by atoms with van der Waals surface area (Å²) in [5.41, 5.74) is 15.2. The Morgan fingerprint density at radius 3 is 1.41 bits per heavy atom. The van der Waals surface area contributed by atoms with E-state index >= 15 is 0 Å². The van der Waals surface area contributed by atoms with Crippen LogP contribution in [0.3, 0.4) is 0 Å². The number of rotatable bonds is 7. The Bertz CT molecular complexity index is 3860. The first-order valence-corrected chi connectivity index (χ1v) is 24.2. The Morgan fingerprint density at radius 1 is 0.394 bits per heavy atom. The molecule has 0 fully saturated rings. The maximum Gasteiger partial charge on any atom is 0.170 e. The summed E-state index contributed by atoms with van der Waals surface area (Å²) in [6.07, 6.45) is 4.44. The van der Waals surface area contributed by atoms with E-state index in [4.69, 9.17) is 13.9 Å². The number of hydrogen-bond acceptors (Lipinski definition) is 5. The minimum Gasteiger partial charge on any atom is -0.455 e. The molecule has 1 aliphatic heterocycles. The van der Waals surface area contributed by atoms with Gasteiger partial charge in [-0.15, -0.1) is 0 Å². The molecule has 14 rings (SSSR count). The van der Waals surface area contributed by atoms with Gasteiger partial charge < -0.3 is 28.3 Å². The molecule has 6 heteroatoms. The lowest BCUT2D eigenvalue weighted by Gasteiger charge is -2.31. The highest BCUT2D eigenvalue weighted by atomic mass is 16.6. The molecule has 0 radical (unpaired) electrons. The lowest BCUT2D eigenvalue weighted by atomic mass is 9.75. The van der Waals surface area contributed by atoms with Gasteiger partial charge >= 0.3 is 0 Å². The van der Waals surface area contributed by atoms with Gasteiger partial charge in [0.05, 0.1) is 22.1 Å². The Morgan fingerprint density at radius 2 is 0.873 bits per heavy atom. The van der Waals surface area contributed by atoms with Crippen LogP contribution in [-0.4, -0.2) is 4.57 Å². The number of fused-ring (bicyclic) bond motifs is 11. The Hall–Kier alpha value is -9.26. The molecule has 3 heterocycles. The Balaban J connectivity index is 1.05. The van der Waals surface area contributed by atoms with Gasteiger partial charge in [-0.25, -0.2) is 0 Å². The van der Waals surface area contributed by atoms with Gasteiger partial charge in [-0.1, -0.05) is 129 Å². The van der Waals surface area contributed by atoms with Crippen LogP contribution in [0.5, 0.6) is 23.0 Å². The number of ether oxygens (including phenoxy) is 2. The third-order valence-electron chi connectivity index (χ3n) is 14.4. The van der Waals surface area contributed by atoms with Crippen molar-refractivity contribution in [1.29, 1.82) is 0 Å². The molecule has 0 saturated carbocycles. The average molecular weight is 916 g/mol. The second kappa shape index (κ2) is 15.9. The molecule has 71 heavy (non-hydrogen) atoms. The standard InChI is InChI=1S/C65H45N3O3/c1-65(2)53-41-62-61(69-59-29-17-18-30-60(59)70-62)37-42(53)31-34-49-54(65)40-57(63-50-27-15-16-28-58(50)71-64(49)63)68-55-35-32-47(66(43-19-7-3-8-20-43)44-21-9-4-10-22-44)38-51(55)52-39-48(33-36-56(52)68)67(45-23-11-5-12-24-45)46-25-13-6-14-26-46/h3-41H,1-2H3. The zero-order chi connectivity index (χ0) is 47.2. The van der Waals surface area contributed by atoms with Crippen molar-refractivity contribution in [2.45, 2.75) is 19.3 Å². The molecule has 338 valence electrons. The molecule has 2 aliphatic rings. The maximum absolute atomic E-state index is 7.07. The van der Waals surface area contributed by atoms with Crippen LogP contribution in [0, 0.1) is 0 Å². The smallest absolute Gasteiger partial charge is 0.170 e. The molecular weight excluding hydrogens is 871 g/mol. The van der Waals surface area contributed by atoms with Crippen LogP contribution < -0.4 is 19.3 Å². The fourth-order valence-electron chi connectivity index (χ4n) is 11.1. The highest BCUT2D eigenvalue weighted by molar-refractivity contribution is 6.17. The number of hydrogen-bond donors (Lipinski definition) is 0. The van der Waals surface area contributed by atoms with E-state index in [2.05, 4.69) is 241 Å². The second-order valence-corrected chi connectivity index (χ2v) is 18.9. The van der Waals surface area contributed by atoms with Crippen LogP contribution in [0.4, 0.5) is 34.1 Å². The van der Waals surface area contributed by atoms with Crippen molar-refractivity contribution in [2.24, 2.45) is 0 Å². The van der Waals surface area contributed by atoms with Crippen LogP contribution in [0.25, 0.3) is 61.6 Å². The van der Waals surface area contributed by atoms with Gasteiger partial charge in [-0.05, 0) is 138 Å². The van der Waals surface area contributed by atoms with Crippen LogP contribution in [0.1, 0.15) is 36.1 Å². The van der Waals surface area contributed by atoms with E-state index in [1.54, 1.807) is 0 Å². The van der Waals surface area contributed by atoms with Crippen LogP contribution in [-0.2, 0) is 5.41 Å². The maximum atomic E-state index is 7.07. The number of anilines is 6. The number of nitrogens with zero attached hydrogens (tertiary/aromatic N) is 3. The number of furan rings is 1. The monoisotopic (exact) mass is 915 g/mol. The van der Waals surface area contributed by atoms with E-state index in [9.17, 15) is 0 Å². The van der Waals surface area contributed by atoms with E-state index in [1.165, 1.54) is 0 Å². The third-order valence-corrected chi connectivity index (χ3v) is 14.4. The minimum absolute atomic E-state index is 0.512. The molecule has 0 atom stereocenters. The molecule has 0 unspecified atom stereocenters. The summed E-state index contributed by atoms with van der Waals surface area (Å²) in [7, 11) is 0. The lowest BCUT2D eigenvalue weighted by molar-refractivity contribution is 0.358. The Kier molecular flexibility index (Phi) is 9.14. The fourth-order valence-corrected chi connectivity index (χ4v) is 11.1. The predicted molar refractivity (Wildman–Crippen MR) is 292 cm³/mol. The molecule has 10 aromatic carbocycles. The summed E-state index contributed by atoms with van der Waals surface area (Å²) in [5, 5.41) is 4.37. The van der Waals surface area contributed by atoms with Crippen molar-refractivity contribution >= 4 is 90.0 Å². The predicted octanol–water partition coefficient (Wildman–Crippen LogP) is 18.3. The summed E-state index contributed by atoms with van der Waals surface area (Å²) in [5.74, 6) is 2.81. The SMILES string of the molecule is CC1(C)c2cc3c(cc2C=Cc2c1cc(-n1c4ccc(N(c5ccccc5)c5ccccc5)cc4c4cc(N(c5ccccc5)c5ccccc5)ccc41)c1c2oc2ccccc21)Oc1ccccc1O3. The van der Waals surface area contributed by atoms with Crippen molar-refractivity contribution in [2.75, 3.05) is 9.80 Å². The summed E-state index contributed by atoms with van der Waals surface area (Å²) >= 11 is 0. The van der Waals surface area contributed by atoms with Gasteiger partial charge in [0.1, 0.15) is 11.2 Å². The third kappa shape index (κ3) is 6.49. The van der Waals surface area contributed by atoms with E-state index in [0.29, 0.717) is 23.0 Å². The average Bonchev–Trinajstić information content (AvgIpc) is 3.94. The number of aromatic nitrogens is 1. The normalized spacial score (nSPS) is 13.2. The molecule has 0 spiro atoms. The van der Waals surface area contributed by atoms with Crippen molar-refractivity contribution in [1.82, 2.24) is 4.57 Å². The molecular formula is C65H45N3O3. The molecule has 1 aliphatic carbocycles. The molecule has 0 saturated heterocycles. The van der Waals surface area contributed by atoms with Crippen molar-refractivity contribution in [3.63, 3.8) is 0 Å². The van der Waals surface area contributed by atoms with E-state index in [0.717, 1.165) is 106 Å². The molecule has 0 N–H and O–H groups in total. The van der Waals surface area contributed by atoms with Crippen molar-refractivity contribution < 1.29 is 13.9 Å². The highest BCUT2D eigenvalue weighted by Gasteiger charge is 2.35. The van der Waals surface area contributed by atoms with E-state index < -0.39 is 5.41 Å². The molecule has 2 aromatic heterocycles. The Labute approximate surface area is 411 Å². The van der Waals surface area contributed by atoms with Crippen LogP contribution in [0.15, 0.2) is 229 Å². The van der Waals surface area contributed by atoms with Gasteiger partial charge in [0.2, 0.25) is 0 Å². The zero-order valence-electron chi connectivity index (χ0n) is 39.1. The van der Waals surface area contributed by atoms with Gasteiger partial charge in [-0.2, -0.15) is 0 Å². The highest BCUT2D eigenvalue weighted by Crippen LogP contribution is 2.53. The summed E-state index contributed by atoms with van der Waals surface area (Å²) in [6, 6.07) is 79.4. The number of para-hydroxylation sites is 7. The van der Waals surface area contributed by atoms with Gasteiger partial charge in [0.25, 0.3) is 0 Å². The van der Waals surface area contributed by atoms with Crippen molar-refractivity contribution in [3.05, 3.63) is 247 Å². The lowest BCUT2D eigenvalue weighted by Crippen LogP contribution is -2.21. The summed E-state index contributed by atoms with van der Waals surface area (Å²) in [4.78, 5) is 4.69. The van der Waals surface area contributed by atoms with E-state index in [1.807, 2.05) is 24.3 Å². The molecule has 0 amide bonds. The van der Waals surface area contributed by atoms with E-state index in [-0.39, 0.29) is 0 Å². The fraction of sp³-hybridized carbons (Fsp3) is 0.0462. The van der Waals surface area contributed by atoms with Crippen LogP contribution >= 0.6 is 0 Å². The summed E-state index contributed by atoms with van der Waals surface area (Å²) < 4.78 is 22.5. The topological polar surface area (TPSA) is 43.0 Å². The first-order chi connectivity index (χ1) is 35.0. The largest absolute Gasteiger partial charge is 0.455 e. The summed E-state index contributed by atoms with van der Waals surface area (Å²) in [6.45, 7) is 4.63. The molecule has 6 nitrogen and oxygen atoms in total. The van der Waals surface area contributed by atoms with Gasteiger partial charge in [0, 0.05) is 61.3 Å². The first kappa shape index (κ1) is 40.8. The van der Waals surface area contributed by atoms with Gasteiger partial charge in [-0.3, -0.25) is 0 Å². The number of benzene rings is 10. The second-order valence-electron chi connectivity index (χ2n) is 18.9. The first-order valence-electron chi connectivity index (χ1n) is 24.2. The zero-order valence-corrected chi connectivity index (χ0v) is 39.1. The van der Waals surface area contributed by atoms with Crippen LogP contribution in [0.2, 0.25) is 0 Å². The molecule has 12 aromatic rings. The van der Waals surface area contributed by atoms with Gasteiger partial charge in [0.15, 0.2) is 23.0 Å². The quantitative estimate of drug-likeness (QED) is 0.159. The van der Waals surface area contributed by atoms with Crippen molar-refractivity contribution in [3.8, 4) is 28.7 Å².